The molecule has 3 aromatic rings. The number of carbonyl (C=O) groups is 1. The van der Waals surface area contributed by atoms with E-state index in [0.717, 1.165) is 28.2 Å². The Morgan fingerprint density at radius 1 is 1.14 bits per heavy atom. The summed E-state index contributed by atoms with van der Waals surface area (Å²) in [7, 11) is 0. The Labute approximate surface area is 136 Å². The van der Waals surface area contributed by atoms with Crippen LogP contribution in [0.4, 0.5) is 5.69 Å². The largest absolute Gasteiger partial charge is 0.398 e. The van der Waals surface area contributed by atoms with Crippen LogP contribution in [0.2, 0.25) is 0 Å². The first kappa shape index (κ1) is 13.6. The lowest BCUT2D eigenvalue weighted by Gasteiger charge is -2.10. The van der Waals surface area contributed by atoms with Crippen molar-refractivity contribution >= 4 is 38.4 Å². The average Bonchev–Trinajstić information content (AvgIpc) is 3.10. The lowest BCUT2D eigenvalue weighted by Crippen LogP contribution is -2.21. The van der Waals surface area contributed by atoms with Crippen LogP contribution in [0.5, 0.6) is 0 Å². The van der Waals surface area contributed by atoms with E-state index in [-0.39, 0.29) is 11.8 Å². The summed E-state index contributed by atoms with van der Waals surface area (Å²) in [6, 6.07) is 13.9. The number of nitrogens with zero attached hydrogens (tertiary/aromatic N) is 1. The van der Waals surface area contributed by atoms with Crippen molar-refractivity contribution in [2.75, 3.05) is 5.73 Å². The number of fused-ring (bicyclic) bond motifs is 2. The lowest BCUT2D eigenvalue weighted by molar-refractivity contribution is 0.0845. The van der Waals surface area contributed by atoms with Crippen molar-refractivity contribution in [3.63, 3.8) is 0 Å². The van der Waals surface area contributed by atoms with Crippen molar-refractivity contribution in [2.24, 2.45) is 5.92 Å². The SMILES string of the molecule is Nc1cccc2c1ccn2C(=O)C1Cc2ccc(Br)cc2C1. The molecule has 0 fully saturated rings. The fourth-order valence-corrected chi connectivity index (χ4v) is 3.75. The van der Waals surface area contributed by atoms with Crippen molar-refractivity contribution in [1.82, 2.24) is 4.57 Å². The smallest absolute Gasteiger partial charge is 0.234 e. The molecule has 0 bridgehead atoms. The van der Waals surface area contributed by atoms with Crippen LogP contribution in [0.1, 0.15) is 15.9 Å². The Morgan fingerprint density at radius 2 is 1.95 bits per heavy atom. The van der Waals surface area contributed by atoms with E-state index in [1.54, 1.807) is 4.57 Å². The fourth-order valence-electron chi connectivity index (χ4n) is 3.34. The molecule has 1 aliphatic rings. The van der Waals surface area contributed by atoms with E-state index in [1.807, 2.05) is 36.5 Å². The number of nitrogen functional groups attached to an aromatic ring is 1. The Morgan fingerprint density at radius 3 is 2.82 bits per heavy atom. The molecule has 4 heteroatoms. The summed E-state index contributed by atoms with van der Waals surface area (Å²) < 4.78 is 2.82. The van der Waals surface area contributed by atoms with E-state index in [1.165, 1.54) is 11.1 Å². The molecule has 0 aliphatic heterocycles. The first-order chi connectivity index (χ1) is 10.6. The van der Waals surface area contributed by atoms with Crippen molar-refractivity contribution in [3.8, 4) is 0 Å². The maximum Gasteiger partial charge on any atom is 0.234 e. The zero-order valence-electron chi connectivity index (χ0n) is 11.9. The molecule has 2 N–H and O–H groups in total. The third-order valence-corrected chi connectivity index (χ3v) is 4.95. The van der Waals surface area contributed by atoms with Crippen LogP contribution in [0.15, 0.2) is 53.1 Å². The van der Waals surface area contributed by atoms with Gasteiger partial charge in [-0.05, 0) is 54.3 Å². The van der Waals surface area contributed by atoms with E-state index in [0.29, 0.717) is 5.69 Å². The molecule has 4 rings (SSSR count). The summed E-state index contributed by atoms with van der Waals surface area (Å²) >= 11 is 3.50. The van der Waals surface area contributed by atoms with E-state index < -0.39 is 0 Å². The summed E-state index contributed by atoms with van der Waals surface area (Å²) in [4.78, 5) is 12.9. The van der Waals surface area contributed by atoms with Gasteiger partial charge in [0.2, 0.25) is 5.91 Å². The molecular weight excluding hydrogens is 340 g/mol. The quantitative estimate of drug-likeness (QED) is 0.670. The van der Waals surface area contributed by atoms with Crippen LogP contribution in [0.25, 0.3) is 10.9 Å². The molecule has 1 atom stereocenters. The number of hydrogen-bond donors (Lipinski definition) is 1. The molecule has 1 unspecified atom stereocenters. The minimum atomic E-state index is 0.00123. The molecule has 1 aliphatic carbocycles. The average molecular weight is 355 g/mol. The zero-order chi connectivity index (χ0) is 15.3. The zero-order valence-corrected chi connectivity index (χ0v) is 13.5. The van der Waals surface area contributed by atoms with Gasteiger partial charge in [0.05, 0.1) is 5.52 Å². The minimum absolute atomic E-state index is 0.00123. The van der Waals surface area contributed by atoms with Crippen LogP contribution in [-0.4, -0.2) is 10.5 Å². The molecule has 0 saturated heterocycles. The van der Waals surface area contributed by atoms with Gasteiger partial charge in [-0.1, -0.05) is 28.1 Å². The summed E-state index contributed by atoms with van der Waals surface area (Å²) in [5, 5.41) is 0.939. The number of aromatic nitrogens is 1. The third-order valence-electron chi connectivity index (χ3n) is 4.45. The Kier molecular flexibility index (Phi) is 3.08. The van der Waals surface area contributed by atoms with Gasteiger partial charge in [-0.15, -0.1) is 0 Å². The molecule has 0 spiro atoms. The highest BCUT2D eigenvalue weighted by atomic mass is 79.9. The van der Waals surface area contributed by atoms with E-state index in [9.17, 15) is 4.79 Å². The molecule has 2 aromatic carbocycles. The van der Waals surface area contributed by atoms with Gasteiger partial charge in [-0.2, -0.15) is 0 Å². The summed E-state index contributed by atoms with van der Waals surface area (Å²) in [6.07, 6.45) is 3.45. The van der Waals surface area contributed by atoms with Gasteiger partial charge in [0.15, 0.2) is 0 Å². The highest BCUT2D eigenvalue weighted by Gasteiger charge is 2.29. The number of nitrogens with two attached hydrogens (primary N) is 1. The van der Waals surface area contributed by atoms with Crippen LogP contribution in [0.3, 0.4) is 0 Å². The van der Waals surface area contributed by atoms with Crippen LogP contribution in [0, 0.1) is 5.92 Å². The summed E-state index contributed by atoms with van der Waals surface area (Å²) in [5.74, 6) is 0.147. The Balaban J connectivity index is 1.69. The maximum atomic E-state index is 12.9. The molecule has 0 radical (unpaired) electrons. The number of anilines is 1. The van der Waals surface area contributed by atoms with Crippen molar-refractivity contribution < 1.29 is 4.79 Å². The lowest BCUT2D eigenvalue weighted by atomic mass is 10.1. The predicted octanol–water partition coefficient (Wildman–Crippen LogP) is 4.04. The van der Waals surface area contributed by atoms with Gasteiger partial charge < -0.3 is 5.73 Å². The number of carbonyl (C=O) groups excluding carboxylic acids is 1. The van der Waals surface area contributed by atoms with Crippen LogP contribution in [-0.2, 0) is 12.8 Å². The molecular formula is C18H15BrN2O. The van der Waals surface area contributed by atoms with Crippen molar-refractivity contribution in [2.45, 2.75) is 12.8 Å². The molecule has 3 nitrogen and oxygen atoms in total. The number of halogens is 1. The van der Waals surface area contributed by atoms with Gasteiger partial charge in [0, 0.05) is 27.7 Å². The number of rotatable bonds is 1. The normalized spacial score (nSPS) is 16.9. The van der Waals surface area contributed by atoms with Crippen molar-refractivity contribution in [1.29, 1.82) is 0 Å². The van der Waals surface area contributed by atoms with E-state index in [2.05, 4.69) is 28.1 Å². The van der Waals surface area contributed by atoms with Gasteiger partial charge in [-0.25, -0.2) is 0 Å². The van der Waals surface area contributed by atoms with E-state index >= 15 is 0 Å². The highest BCUT2D eigenvalue weighted by molar-refractivity contribution is 9.10. The standard InChI is InChI=1S/C18H15BrN2O/c19-14-5-4-11-8-13(9-12(11)10-14)18(22)21-7-6-15-16(20)2-1-3-17(15)21/h1-7,10,13H,8-9,20H2. The van der Waals surface area contributed by atoms with Gasteiger partial charge in [0.1, 0.15) is 0 Å². The molecule has 110 valence electrons. The monoisotopic (exact) mass is 354 g/mol. The summed E-state index contributed by atoms with van der Waals surface area (Å²) in [6.45, 7) is 0. The van der Waals surface area contributed by atoms with Crippen LogP contribution >= 0.6 is 15.9 Å². The molecule has 1 heterocycles. The highest BCUT2D eigenvalue weighted by Crippen LogP contribution is 2.31. The second-order valence-corrected chi connectivity index (χ2v) is 6.74. The Bertz CT molecular complexity index is 897. The maximum absolute atomic E-state index is 12.9. The first-order valence-electron chi connectivity index (χ1n) is 7.30. The van der Waals surface area contributed by atoms with Gasteiger partial charge in [0.25, 0.3) is 0 Å². The first-order valence-corrected chi connectivity index (χ1v) is 8.10. The number of benzene rings is 2. The molecule has 1 aromatic heterocycles. The second kappa shape index (κ2) is 4.99. The molecule has 0 saturated carbocycles. The fraction of sp³-hybridized carbons (Fsp3) is 0.167. The van der Waals surface area contributed by atoms with Crippen LogP contribution < -0.4 is 5.73 Å². The molecule has 22 heavy (non-hydrogen) atoms. The minimum Gasteiger partial charge on any atom is -0.398 e. The third kappa shape index (κ3) is 2.06. The van der Waals surface area contributed by atoms with Gasteiger partial charge >= 0.3 is 0 Å². The van der Waals surface area contributed by atoms with Gasteiger partial charge in [-0.3, -0.25) is 9.36 Å². The van der Waals surface area contributed by atoms with E-state index in [4.69, 9.17) is 5.73 Å². The second-order valence-electron chi connectivity index (χ2n) is 5.82. The topological polar surface area (TPSA) is 48.0 Å². The molecule has 0 amide bonds. The number of hydrogen-bond acceptors (Lipinski definition) is 2. The Hall–Kier alpha value is -2.07. The summed E-state index contributed by atoms with van der Waals surface area (Å²) in [5.41, 5.74) is 10.1. The predicted molar refractivity (Wildman–Crippen MR) is 92.0 cm³/mol. The van der Waals surface area contributed by atoms with Crippen molar-refractivity contribution in [3.05, 3.63) is 64.3 Å².